The Hall–Kier alpha value is -4.92. The number of aryl methyl sites for hydroxylation is 2. The summed E-state index contributed by atoms with van der Waals surface area (Å²) in [5.74, 6) is -0.564. The van der Waals surface area contributed by atoms with Crippen LogP contribution in [0.15, 0.2) is 77.2 Å². The highest BCUT2D eigenvalue weighted by atomic mass is 19.1. The van der Waals surface area contributed by atoms with Crippen molar-refractivity contribution < 1.29 is 18.7 Å². The van der Waals surface area contributed by atoms with Gasteiger partial charge in [-0.1, -0.05) is 42.0 Å². The van der Waals surface area contributed by atoms with Crippen molar-refractivity contribution >= 4 is 18.0 Å². The number of urea groups is 1. The molecule has 0 unspecified atom stereocenters. The predicted octanol–water partition coefficient (Wildman–Crippen LogP) is 4.69. The van der Waals surface area contributed by atoms with Crippen LogP contribution in [0, 0.1) is 19.7 Å². The van der Waals surface area contributed by atoms with Crippen molar-refractivity contribution in [2.75, 3.05) is 7.11 Å². The average molecular weight is 513 g/mol. The summed E-state index contributed by atoms with van der Waals surface area (Å²) in [4.78, 5) is 40.6. The van der Waals surface area contributed by atoms with Gasteiger partial charge in [0.25, 0.3) is 11.5 Å². The molecule has 0 aliphatic carbocycles. The Kier molecular flexibility index (Phi) is 6.42. The first-order valence-electron chi connectivity index (χ1n) is 11.9. The van der Waals surface area contributed by atoms with Crippen LogP contribution in [0.1, 0.15) is 22.3 Å². The zero-order chi connectivity index (χ0) is 27.0. The van der Waals surface area contributed by atoms with Crippen molar-refractivity contribution in [1.82, 2.24) is 20.0 Å². The summed E-state index contributed by atoms with van der Waals surface area (Å²) in [5.41, 5.74) is 3.77. The first-order valence-corrected chi connectivity index (χ1v) is 11.9. The molecular weight excluding hydrogens is 487 g/mol. The smallest absolute Gasteiger partial charge is 0.329 e. The third kappa shape index (κ3) is 4.50. The van der Waals surface area contributed by atoms with Crippen LogP contribution in [0.4, 0.5) is 9.18 Å². The molecule has 5 rings (SSSR count). The molecule has 8 nitrogen and oxygen atoms in total. The number of carbonyl (C=O) groups excluding carboxylic acids is 2. The van der Waals surface area contributed by atoms with E-state index in [0.29, 0.717) is 28.3 Å². The maximum atomic E-state index is 13.8. The number of halogens is 1. The molecule has 3 aromatic carbocycles. The Morgan fingerprint density at radius 1 is 0.974 bits per heavy atom. The number of carbonyl (C=O) groups is 2. The molecule has 3 amide bonds. The number of nitrogens with one attached hydrogen (secondary N) is 2. The van der Waals surface area contributed by atoms with Crippen molar-refractivity contribution in [2.45, 2.75) is 20.4 Å². The molecule has 2 heterocycles. The Morgan fingerprint density at radius 3 is 2.50 bits per heavy atom. The van der Waals surface area contributed by atoms with Crippen molar-refractivity contribution in [3.63, 3.8) is 0 Å². The summed E-state index contributed by atoms with van der Waals surface area (Å²) < 4.78 is 20.6. The first kappa shape index (κ1) is 24.8. The summed E-state index contributed by atoms with van der Waals surface area (Å²) in [6.45, 7) is 3.76. The van der Waals surface area contributed by atoms with E-state index >= 15 is 0 Å². The van der Waals surface area contributed by atoms with Crippen LogP contribution >= 0.6 is 0 Å². The van der Waals surface area contributed by atoms with Crippen LogP contribution in [0.5, 0.6) is 5.75 Å². The van der Waals surface area contributed by atoms with E-state index in [1.165, 1.54) is 36.1 Å². The second-order valence-electron chi connectivity index (χ2n) is 9.04. The number of methoxy groups -OCH3 is 1. The van der Waals surface area contributed by atoms with Crippen LogP contribution in [-0.4, -0.2) is 33.7 Å². The Balaban J connectivity index is 1.62. The van der Waals surface area contributed by atoms with Crippen molar-refractivity contribution in [1.29, 1.82) is 0 Å². The standard InChI is InChI=1S/C29H25FN4O4/c1-17-11-12-24(18(2)13-17)34-27(35)22(26(32-34)21-9-4-5-10-25(21)38-3)15-23-28(36)33(29(37)31-23)16-19-7-6-8-20(30)14-19/h4-15,32H,16H2,1-3H3,(H,31,37)/b23-15-. The highest BCUT2D eigenvalue weighted by molar-refractivity contribution is 6.14. The maximum Gasteiger partial charge on any atom is 0.329 e. The number of aromatic nitrogens is 2. The number of aromatic amines is 1. The number of nitrogens with zero attached hydrogens (tertiary/aromatic N) is 2. The topological polar surface area (TPSA) is 96.4 Å². The van der Waals surface area contributed by atoms with Crippen LogP contribution in [0.3, 0.4) is 0 Å². The number of amides is 3. The normalized spacial score (nSPS) is 14.3. The van der Waals surface area contributed by atoms with Gasteiger partial charge in [-0.15, -0.1) is 0 Å². The van der Waals surface area contributed by atoms with E-state index in [1.54, 1.807) is 18.2 Å². The Morgan fingerprint density at radius 2 is 1.76 bits per heavy atom. The minimum Gasteiger partial charge on any atom is -0.496 e. The van der Waals surface area contributed by atoms with Crippen LogP contribution < -0.4 is 15.6 Å². The van der Waals surface area contributed by atoms with Gasteiger partial charge in [-0.25, -0.2) is 13.9 Å². The van der Waals surface area contributed by atoms with E-state index in [4.69, 9.17) is 4.74 Å². The second kappa shape index (κ2) is 9.85. The SMILES string of the molecule is COc1ccccc1-c1[nH]n(-c2ccc(C)cc2C)c(=O)c1/C=C1\NC(=O)N(Cc2cccc(F)c2)C1=O. The molecule has 0 saturated carbocycles. The van der Waals surface area contributed by atoms with Gasteiger partial charge in [-0.05, 0) is 61.4 Å². The van der Waals surface area contributed by atoms with E-state index in [9.17, 15) is 18.8 Å². The van der Waals surface area contributed by atoms with E-state index in [0.717, 1.165) is 16.0 Å². The zero-order valence-electron chi connectivity index (χ0n) is 21.0. The first-order chi connectivity index (χ1) is 18.3. The number of rotatable bonds is 6. The third-order valence-electron chi connectivity index (χ3n) is 6.38. The van der Waals surface area contributed by atoms with Crippen LogP contribution in [0.25, 0.3) is 23.0 Å². The molecule has 0 atom stereocenters. The summed E-state index contributed by atoms with van der Waals surface area (Å²) in [7, 11) is 1.53. The molecule has 4 aromatic rings. The summed E-state index contributed by atoms with van der Waals surface area (Å²) >= 11 is 0. The minimum atomic E-state index is -0.658. The molecule has 2 N–H and O–H groups in total. The lowest BCUT2D eigenvalue weighted by atomic mass is 10.1. The summed E-state index contributed by atoms with van der Waals surface area (Å²) in [6, 6.07) is 17.9. The molecule has 0 bridgehead atoms. The molecule has 0 radical (unpaired) electrons. The third-order valence-corrected chi connectivity index (χ3v) is 6.38. The average Bonchev–Trinajstić information content (AvgIpc) is 3.35. The van der Waals surface area contributed by atoms with Gasteiger partial charge in [0.2, 0.25) is 0 Å². The lowest BCUT2D eigenvalue weighted by molar-refractivity contribution is -0.123. The number of para-hydroxylation sites is 1. The largest absolute Gasteiger partial charge is 0.496 e. The van der Waals surface area contributed by atoms with Crippen LogP contribution in [0.2, 0.25) is 0 Å². The molecular formula is C29H25FN4O4. The zero-order valence-corrected chi connectivity index (χ0v) is 21.0. The Bertz CT molecular complexity index is 1670. The predicted molar refractivity (Wildman–Crippen MR) is 141 cm³/mol. The summed E-state index contributed by atoms with van der Waals surface area (Å²) in [6.07, 6.45) is 1.37. The van der Waals surface area contributed by atoms with Gasteiger partial charge in [0.05, 0.1) is 30.6 Å². The van der Waals surface area contributed by atoms with E-state index in [-0.39, 0.29) is 17.8 Å². The molecule has 1 saturated heterocycles. The molecule has 1 fully saturated rings. The fraction of sp³-hybridized carbons (Fsp3) is 0.138. The van der Waals surface area contributed by atoms with E-state index in [2.05, 4.69) is 10.4 Å². The lowest BCUT2D eigenvalue weighted by Crippen LogP contribution is -2.30. The molecule has 1 aliphatic heterocycles. The number of benzene rings is 3. The highest BCUT2D eigenvalue weighted by Crippen LogP contribution is 2.32. The number of ether oxygens (including phenoxy) is 1. The summed E-state index contributed by atoms with van der Waals surface area (Å²) in [5, 5.41) is 5.73. The lowest BCUT2D eigenvalue weighted by Gasteiger charge is -2.11. The van der Waals surface area contributed by atoms with Gasteiger partial charge in [0, 0.05) is 5.56 Å². The van der Waals surface area contributed by atoms with Gasteiger partial charge >= 0.3 is 6.03 Å². The fourth-order valence-electron chi connectivity index (χ4n) is 4.54. The fourth-order valence-corrected chi connectivity index (χ4v) is 4.54. The maximum absolute atomic E-state index is 13.8. The van der Waals surface area contributed by atoms with Crippen LogP contribution in [-0.2, 0) is 11.3 Å². The van der Waals surface area contributed by atoms with Gasteiger partial charge in [0.15, 0.2) is 0 Å². The molecule has 0 spiro atoms. The van der Waals surface area contributed by atoms with E-state index in [1.807, 2.05) is 44.2 Å². The quantitative estimate of drug-likeness (QED) is 0.289. The van der Waals surface area contributed by atoms with Gasteiger partial charge in [-0.2, -0.15) is 0 Å². The monoisotopic (exact) mass is 512 g/mol. The van der Waals surface area contributed by atoms with Gasteiger partial charge in [0.1, 0.15) is 17.3 Å². The number of imide groups is 1. The highest BCUT2D eigenvalue weighted by Gasteiger charge is 2.34. The molecule has 1 aliphatic rings. The molecule has 1 aromatic heterocycles. The molecule has 192 valence electrons. The van der Waals surface area contributed by atoms with Crippen molar-refractivity contribution in [3.8, 4) is 22.7 Å². The van der Waals surface area contributed by atoms with Gasteiger partial charge < -0.3 is 10.1 Å². The number of H-pyrrole nitrogens is 1. The Labute approximate surface area is 218 Å². The second-order valence-corrected chi connectivity index (χ2v) is 9.04. The van der Waals surface area contributed by atoms with Crippen molar-refractivity contribution in [2.24, 2.45) is 0 Å². The molecule has 9 heteroatoms. The van der Waals surface area contributed by atoms with Gasteiger partial charge in [-0.3, -0.25) is 19.6 Å². The minimum absolute atomic E-state index is 0.0635. The molecule has 38 heavy (non-hydrogen) atoms. The van der Waals surface area contributed by atoms with E-state index < -0.39 is 23.3 Å². The van der Waals surface area contributed by atoms with Crippen molar-refractivity contribution in [3.05, 3.63) is 111 Å². The number of hydrogen-bond acceptors (Lipinski definition) is 4. The number of hydrogen-bond donors (Lipinski definition) is 2.